The number of hydrogen-bond acceptors (Lipinski definition) is 3. The lowest BCUT2D eigenvalue weighted by Crippen LogP contribution is -2.50. The van der Waals surface area contributed by atoms with Gasteiger partial charge in [0.2, 0.25) is 5.91 Å². The molecule has 6 heteroatoms. The van der Waals surface area contributed by atoms with Gasteiger partial charge in [0.05, 0.1) is 4.47 Å². The van der Waals surface area contributed by atoms with Gasteiger partial charge in [-0.05, 0) is 57.6 Å². The largest absolute Gasteiger partial charge is 0.483 e. The standard InChI is InChI=1S/C27H31BrN2O3/c1-19(2)17-29-27(32)20(3)30(16-15-21-9-5-4-6-10-21)25(31)18-33-24-14-13-22-11-7-8-12-23(22)26(24)28/h4-14,19-20H,15-18H2,1-3H3,(H,29,32)/t20-/m0/s1. The van der Waals surface area contributed by atoms with Gasteiger partial charge in [-0.1, -0.05) is 74.5 Å². The number of rotatable bonds is 10. The van der Waals surface area contributed by atoms with Crippen LogP contribution >= 0.6 is 15.9 Å². The van der Waals surface area contributed by atoms with Crippen molar-refractivity contribution in [1.82, 2.24) is 10.2 Å². The number of carbonyl (C=O) groups is 2. The highest BCUT2D eigenvalue weighted by Gasteiger charge is 2.26. The smallest absolute Gasteiger partial charge is 0.261 e. The van der Waals surface area contributed by atoms with Crippen LogP contribution < -0.4 is 10.1 Å². The Morgan fingerprint density at radius 1 is 0.970 bits per heavy atom. The third-order valence-corrected chi connectivity index (χ3v) is 6.33. The molecule has 0 unspecified atom stereocenters. The van der Waals surface area contributed by atoms with Crippen molar-refractivity contribution in [2.45, 2.75) is 33.2 Å². The first kappa shape index (κ1) is 24.8. The van der Waals surface area contributed by atoms with Gasteiger partial charge in [0, 0.05) is 13.1 Å². The summed E-state index contributed by atoms with van der Waals surface area (Å²) in [5.41, 5.74) is 1.11. The van der Waals surface area contributed by atoms with E-state index in [4.69, 9.17) is 4.74 Å². The van der Waals surface area contributed by atoms with Gasteiger partial charge in [-0.2, -0.15) is 0 Å². The van der Waals surface area contributed by atoms with E-state index in [0.29, 0.717) is 31.2 Å². The Bertz CT molecular complexity index is 1090. The molecule has 0 aliphatic rings. The van der Waals surface area contributed by atoms with Gasteiger partial charge in [0.25, 0.3) is 5.91 Å². The summed E-state index contributed by atoms with van der Waals surface area (Å²) in [5, 5.41) is 5.04. The zero-order chi connectivity index (χ0) is 23.8. The highest BCUT2D eigenvalue weighted by Crippen LogP contribution is 2.33. The fraction of sp³-hybridized carbons (Fsp3) is 0.333. The second kappa shape index (κ2) is 11.8. The summed E-state index contributed by atoms with van der Waals surface area (Å²) in [6.07, 6.45) is 0.661. The average Bonchev–Trinajstić information content (AvgIpc) is 2.82. The molecule has 0 aliphatic carbocycles. The van der Waals surface area contributed by atoms with Crippen molar-refractivity contribution in [2.75, 3.05) is 19.7 Å². The Morgan fingerprint density at radius 2 is 1.67 bits per heavy atom. The normalized spacial score (nSPS) is 11.9. The summed E-state index contributed by atoms with van der Waals surface area (Å²) in [6, 6.07) is 21.2. The van der Waals surface area contributed by atoms with Gasteiger partial charge in [0.1, 0.15) is 11.8 Å². The van der Waals surface area contributed by atoms with E-state index < -0.39 is 6.04 Å². The zero-order valence-corrected chi connectivity index (χ0v) is 21.0. The topological polar surface area (TPSA) is 58.6 Å². The summed E-state index contributed by atoms with van der Waals surface area (Å²) >= 11 is 3.60. The molecule has 3 aromatic rings. The van der Waals surface area contributed by atoms with Crippen LogP contribution in [0.3, 0.4) is 0 Å². The van der Waals surface area contributed by atoms with Crippen molar-refractivity contribution in [3.05, 3.63) is 76.8 Å². The summed E-state index contributed by atoms with van der Waals surface area (Å²) in [7, 11) is 0. The second-order valence-electron chi connectivity index (χ2n) is 8.53. The van der Waals surface area contributed by atoms with Crippen LogP contribution in [0.2, 0.25) is 0 Å². The van der Waals surface area contributed by atoms with Crippen LogP contribution in [0.15, 0.2) is 71.2 Å². The molecular formula is C27H31BrN2O3. The molecule has 0 heterocycles. The quantitative estimate of drug-likeness (QED) is 0.407. The highest BCUT2D eigenvalue weighted by molar-refractivity contribution is 9.10. The van der Waals surface area contributed by atoms with Crippen molar-refractivity contribution >= 4 is 38.5 Å². The number of hydrogen-bond donors (Lipinski definition) is 1. The first-order valence-electron chi connectivity index (χ1n) is 11.3. The number of halogens is 1. The van der Waals surface area contributed by atoms with E-state index in [1.54, 1.807) is 11.8 Å². The first-order valence-corrected chi connectivity index (χ1v) is 12.1. The second-order valence-corrected chi connectivity index (χ2v) is 9.32. The van der Waals surface area contributed by atoms with Crippen LogP contribution in [0.4, 0.5) is 0 Å². The fourth-order valence-corrected chi connectivity index (χ4v) is 4.18. The summed E-state index contributed by atoms with van der Waals surface area (Å²) < 4.78 is 6.71. The van der Waals surface area contributed by atoms with E-state index in [9.17, 15) is 9.59 Å². The Kier molecular flexibility index (Phi) is 8.89. The Morgan fingerprint density at radius 3 is 2.39 bits per heavy atom. The van der Waals surface area contributed by atoms with Crippen LogP contribution in [-0.4, -0.2) is 42.5 Å². The number of carbonyl (C=O) groups excluding carboxylic acids is 2. The molecule has 5 nitrogen and oxygen atoms in total. The molecule has 0 saturated heterocycles. The van der Waals surface area contributed by atoms with Crippen LogP contribution in [-0.2, 0) is 16.0 Å². The molecule has 3 aromatic carbocycles. The third-order valence-electron chi connectivity index (χ3n) is 5.52. The van der Waals surface area contributed by atoms with E-state index in [0.717, 1.165) is 20.8 Å². The van der Waals surface area contributed by atoms with Gasteiger partial charge < -0.3 is 15.0 Å². The molecule has 0 fully saturated rings. The Hall–Kier alpha value is -2.86. The molecule has 0 bridgehead atoms. The molecular weight excluding hydrogens is 480 g/mol. The van der Waals surface area contributed by atoms with Crippen molar-refractivity contribution in [3.8, 4) is 5.75 Å². The van der Waals surface area contributed by atoms with Gasteiger partial charge in [-0.25, -0.2) is 0 Å². The van der Waals surface area contributed by atoms with E-state index in [1.807, 2.05) is 80.6 Å². The number of amides is 2. The Labute approximate surface area is 204 Å². The van der Waals surface area contributed by atoms with Gasteiger partial charge in [0.15, 0.2) is 6.61 Å². The molecule has 3 rings (SSSR count). The number of benzene rings is 3. The SMILES string of the molecule is CC(C)CNC(=O)[C@H](C)N(CCc1ccccc1)C(=O)COc1ccc2ccccc2c1Br. The van der Waals surface area contributed by atoms with Crippen LogP contribution in [0, 0.1) is 5.92 Å². The fourth-order valence-electron chi connectivity index (χ4n) is 3.57. The average molecular weight is 511 g/mol. The summed E-state index contributed by atoms with van der Waals surface area (Å²) in [6.45, 7) is 6.71. The first-order chi connectivity index (χ1) is 15.9. The van der Waals surface area contributed by atoms with E-state index in [2.05, 4.69) is 21.2 Å². The predicted molar refractivity (Wildman–Crippen MR) is 136 cm³/mol. The molecule has 0 radical (unpaired) electrons. The van der Waals surface area contributed by atoms with Gasteiger partial charge in [-0.3, -0.25) is 9.59 Å². The van der Waals surface area contributed by atoms with Crippen molar-refractivity contribution in [3.63, 3.8) is 0 Å². The number of nitrogens with zero attached hydrogens (tertiary/aromatic N) is 1. The summed E-state index contributed by atoms with van der Waals surface area (Å²) in [5.74, 6) is 0.556. The third kappa shape index (κ3) is 6.81. The van der Waals surface area contributed by atoms with Crippen LogP contribution in [0.1, 0.15) is 26.3 Å². The highest BCUT2D eigenvalue weighted by atomic mass is 79.9. The van der Waals surface area contributed by atoms with Gasteiger partial charge >= 0.3 is 0 Å². The van der Waals surface area contributed by atoms with Crippen molar-refractivity contribution in [2.24, 2.45) is 5.92 Å². The van der Waals surface area contributed by atoms with Crippen LogP contribution in [0.25, 0.3) is 10.8 Å². The van der Waals surface area contributed by atoms with Crippen molar-refractivity contribution < 1.29 is 14.3 Å². The van der Waals surface area contributed by atoms with E-state index >= 15 is 0 Å². The lowest BCUT2D eigenvalue weighted by atomic mass is 10.1. The molecule has 0 saturated carbocycles. The monoisotopic (exact) mass is 510 g/mol. The van der Waals surface area contributed by atoms with Crippen LogP contribution in [0.5, 0.6) is 5.75 Å². The molecule has 174 valence electrons. The molecule has 1 N–H and O–H groups in total. The number of ether oxygens (including phenoxy) is 1. The minimum atomic E-state index is -0.594. The minimum Gasteiger partial charge on any atom is -0.483 e. The summed E-state index contributed by atoms with van der Waals surface area (Å²) in [4.78, 5) is 27.5. The molecule has 1 atom stereocenters. The van der Waals surface area contributed by atoms with E-state index in [-0.39, 0.29) is 18.4 Å². The molecule has 0 aromatic heterocycles. The number of fused-ring (bicyclic) bond motifs is 1. The van der Waals surface area contributed by atoms with Crippen molar-refractivity contribution in [1.29, 1.82) is 0 Å². The molecule has 0 spiro atoms. The zero-order valence-electron chi connectivity index (χ0n) is 19.4. The molecule has 33 heavy (non-hydrogen) atoms. The lowest BCUT2D eigenvalue weighted by molar-refractivity contribution is -0.141. The molecule has 0 aliphatic heterocycles. The van der Waals surface area contributed by atoms with E-state index in [1.165, 1.54) is 0 Å². The predicted octanol–water partition coefficient (Wildman–Crippen LogP) is 5.21. The van der Waals surface area contributed by atoms with Gasteiger partial charge in [-0.15, -0.1) is 0 Å². The Balaban J connectivity index is 1.72. The minimum absolute atomic E-state index is 0.145. The lowest BCUT2D eigenvalue weighted by Gasteiger charge is -2.29. The number of nitrogens with one attached hydrogen (secondary N) is 1. The maximum absolute atomic E-state index is 13.2. The molecule has 2 amide bonds. The maximum atomic E-state index is 13.2. The maximum Gasteiger partial charge on any atom is 0.261 e.